The Kier molecular flexibility index (Phi) is 3.24. The molecule has 2 fully saturated rings. The van der Waals surface area contributed by atoms with Crippen LogP contribution < -0.4 is 4.74 Å². The molecule has 3 atom stereocenters. The molecule has 1 aromatic carbocycles. The van der Waals surface area contributed by atoms with Crippen molar-refractivity contribution < 1.29 is 19.1 Å². The number of nitrogens with zero attached hydrogens (tertiary/aromatic N) is 1. The molecule has 21 heavy (non-hydrogen) atoms. The van der Waals surface area contributed by atoms with E-state index in [0.29, 0.717) is 18.8 Å². The standard InChI is InChI=1S/C16H19NO4/c1-4-21-13-9-12-14(18)17(2)15(19)16(12,13)10-6-5-7-11(8-10)20-3/h5-8,12-13H,4,9H2,1-3H3/t12?,13-,16+/m1/s1. The molecule has 0 spiro atoms. The van der Waals surface area contributed by atoms with Gasteiger partial charge >= 0.3 is 0 Å². The van der Waals surface area contributed by atoms with Crippen molar-refractivity contribution in [2.45, 2.75) is 24.9 Å². The molecule has 1 saturated heterocycles. The highest BCUT2D eigenvalue weighted by Gasteiger charge is 2.70. The molecule has 3 rings (SSSR count). The lowest BCUT2D eigenvalue weighted by atomic mass is 9.55. The van der Waals surface area contributed by atoms with E-state index in [1.165, 1.54) is 4.90 Å². The van der Waals surface area contributed by atoms with E-state index in [-0.39, 0.29) is 23.8 Å². The number of hydrogen-bond donors (Lipinski definition) is 0. The van der Waals surface area contributed by atoms with E-state index in [1.54, 1.807) is 14.2 Å². The third kappa shape index (κ3) is 1.67. The summed E-state index contributed by atoms with van der Waals surface area (Å²) in [4.78, 5) is 26.3. The van der Waals surface area contributed by atoms with Gasteiger partial charge in [-0.25, -0.2) is 0 Å². The number of likely N-dealkylation sites (tertiary alicyclic amines) is 1. The van der Waals surface area contributed by atoms with Gasteiger partial charge in [0.15, 0.2) is 0 Å². The Morgan fingerprint density at radius 3 is 2.76 bits per heavy atom. The molecular weight excluding hydrogens is 270 g/mol. The molecule has 2 amide bonds. The van der Waals surface area contributed by atoms with Crippen LogP contribution >= 0.6 is 0 Å². The van der Waals surface area contributed by atoms with Crippen LogP contribution in [0.1, 0.15) is 18.9 Å². The summed E-state index contributed by atoms with van der Waals surface area (Å²) in [6, 6.07) is 7.39. The molecule has 1 aliphatic carbocycles. The van der Waals surface area contributed by atoms with E-state index in [1.807, 2.05) is 31.2 Å². The number of ether oxygens (including phenoxy) is 2. The van der Waals surface area contributed by atoms with Crippen LogP contribution in [0.15, 0.2) is 24.3 Å². The minimum Gasteiger partial charge on any atom is -0.497 e. The van der Waals surface area contributed by atoms with Gasteiger partial charge in [-0.3, -0.25) is 14.5 Å². The molecule has 0 N–H and O–H groups in total. The number of fused-ring (bicyclic) bond motifs is 1. The van der Waals surface area contributed by atoms with E-state index < -0.39 is 5.41 Å². The average Bonchev–Trinajstić information content (AvgIpc) is 2.63. The summed E-state index contributed by atoms with van der Waals surface area (Å²) in [6.07, 6.45) is 0.348. The molecule has 0 aromatic heterocycles. The van der Waals surface area contributed by atoms with Crippen molar-refractivity contribution in [1.29, 1.82) is 0 Å². The Hall–Kier alpha value is -1.88. The van der Waals surface area contributed by atoms with Crippen molar-refractivity contribution in [1.82, 2.24) is 4.90 Å². The molecule has 1 aromatic rings. The first-order valence-corrected chi connectivity index (χ1v) is 7.15. The van der Waals surface area contributed by atoms with E-state index in [4.69, 9.17) is 9.47 Å². The average molecular weight is 289 g/mol. The van der Waals surface area contributed by atoms with Crippen molar-refractivity contribution in [3.05, 3.63) is 29.8 Å². The fourth-order valence-corrected chi connectivity index (χ4v) is 3.64. The van der Waals surface area contributed by atoms with Crippen molar-refractivity contribution in [2.24, 2.45) is 5.92 Å². The third-order valence-electron chi connectivity index (χ3n) is 4.71. The fraction of sp³-hybridized carbons (Fsp3) is 0.500. The SMILES string of the molecule is CCO[C@@H]1CC2C(=O)N(C)C(=O)[C@@]21c1cccc(OC)c1. The highest BCUT2D eigenvalue weighted by molar-refractivity contribution is 6.12. The van der Waals surface area contributed by atoms with Crippen molar-refractivity contribution >= 4 is 11.8 Å². The van der Waals surface area contributed by atoms with Crippen molar-refractivity contribution in [3.8, 4) is 5.75 Å². The van der Waals surface area contributed by atoms with Crippen LogP contribution in [0, 0.1) is 5.92 Å². The van der Waals surface area contributed by atoms with Crippen LogP contribution in [0.4, 0.5) is 0 Å². The minimum absolute atomic E-state index is 0.112. The summed E-state index contributed by atoms with van der Waals surface area (Å²) >= 11 is 0. The topological polar surface area (TPSA) is 55.8 Å². The van der Waals surface area contributed by atoms with Crippen molar-refractivity contribution in [2.75, 3.05) is 20.8 Å². The van der Waals surface area contributed by atoms with Gasteiger partial charge in [0.05, 0.1) is 19.1 Å². The Labute approximate surface area is 123 Å². The summed E-state index contributed by atoms with van der Waals surface area (Å²) in [5.41, 5.74) is -0.0737. The summed E-state index contributed by atoms with van der Waals surface area (Å²) in [5, 5.41) is 0. The number of likely N-dealkylation sites (N-methyl/N-ethyl adjacent to an activating group) is 1. The summed E-state index contributed by atoms with van der Waals surface area (Å²) < 4.78 is 11.0. The number of imide groups is 1. The molecule has 1 heterocycles. The first kappa shape index (κ1) is 14.1. The van der Waals surface area contributed by atoms with E-state index in [0.717, 1.165) is 5.56 Å². The highest BCUT2D eigenvalue weighted by Crippen LogP contribution is 2.56. The normalized spacial score (nSPS) is 31.1. The number of carbonyl (C=O) groups excluding carboxylic acids is 2. The molecular formula is C16H19NO4. The molecule has 1 aliphatic heterocycles. The van der Waals surface area contributed by atoms with Crippen LogP contribution in [-0.2, 0) is 19.7 Å². The van der Waals surface area contributed by atoms with Crippen LogP contribution in [-0.4, -0.2) is 43.6 Å². The minimum atomic E-state index is -0.879. The predicted molar refractivity (Wildman–Crippen MR) is 76.0 cm³/mol. The van der Waals surface area contributed by atoms with Crippen LogP contribution in [0.2, 0.25) is 0 Å². The Morgan fingerprint density at radius 2 is 2.14 bits per heavy atom. The Balaban J connectivity index is 2.12. The largest absolute Gasteiger partial charge is 0.497 e. The molecule has 5 heteroatoms. The summed E-state index contributed by atoms with van der Waals surface area (Å²) in [7, 11) is 3.14. The van der Waals surface area contributed by atoms with Crippen LogP contribution in [0.3, 0.4) is 0 Å². The maximum absolute atomic E-state index is 12.8. The van der Waals surface area contributed by atoms with Gasteiger partial charge in [0, 0.05) is 13.7 Å². The zero-order valence-corrected chi connectivity index (χ0v) is 12.5. The number of carbonyl (C=O) groups is 2. The molecule has 0 radical (unpaired) electrons. The third-order valence-corrected chi connectivity index (χ3v) is 4.71. The predicted octanol–water partition coefficient (Wildman–Crippen LogP) is 1.36. The first-order chi connectivity index (χ1) is 10.1. The number of benzene rings is 1. The lowest BCUT2D eigenvalue weighted by Crippen LogP contribution is -2.60. The zero-order valence-electron chi connectivity index (χ0n) is 12.5. The second-order valence-corrected chi connectivity index (χ2v) is 5.54. The van der Waals surface area contributed by atoms with Gasteiger partial charge in [-0.1, -0.05) is 12.1 Å². The molecule has 1 saturated carbocycles. The molecule has 1 unspecified atom stereocenters. The van der Waals surface area contributed by atoms with Crippen LogP contribution in [0.5, 0.6) is 5.75 Å². The van der Waals surface area contributed by atoms with Gasteiger partial charge in [0.1, 0.15) is 11.2 Å². The number of rotatable bonds is 4. The monoisotopic (exact) mass is 289 g/mol. The summed E-state index contributed by atoms with van der Waals surface area (Å²) in [5.74, 6) is 0.0745. The van der Waals surface area contributed by atoms with E-state index in [2.05, 4.69) is 0 Å². The number of amides is 2. The summed E-state index contributed by atoms with van der Waals surface area (Å²) in [6.45, 7) is 2.42. The van der Waals surface area contributed by atoms with E-state index in [9.17, 15) is 9.59 Å². The molecule has 2 aliphatic rings. The fourth-order valence-electron chi connectivity index (χ4n) is 3.64. The second-order valence-electron chi connectivity index (χ2n) is 5.54. The molecule has 0 bridgehead atoms. The maximum atomic E-state index is 12.8. The maximum Gasteiger partial charge on any atom is 0.243 e. The Morgan fingerprint density at radius 1 is 1.38 bits per heavy atom. The van der Waals surface area contributed by atoms with Gasteiger partial charge in [0.25, 0.3) is 0 Å². The van der Waals surface area contributed by atoms with Gasteiger partial charge in [-0.05, 0) is 31.0 Å². The quantitative estimate of drug-likeness (QED) is 0.785. The zero-order chi connectivity index (χ0) is 15.2. The number of methoxy groups -OCH3 is 1. The van der Waals surface area contributed by atoms with Gasteiger partial charge < -0.3 is 9.47 Å². The van der Waals surface area contributed by atoms with Crippen LogP contribution in [0.25, 0.3) is 0 Å². The lowest BCUT2D eigenvalue weighted by Gasteiger charge is -2.48. The first-order valence-electron chi connectivity index (χ1n) is 7.15. The Bertz CT molecular complexity index is 600. The van der Waals surface area contributed by atoms with Gasteiger partial charge in [-0.15, -0.1) is 0 Å². The smallest absolute Gasteiger partial charge is 0.243 e. The van der Waals surface area contributed by atoms with Gasteiger partial charge in [0.2, 0.25) is 11.8 Å². The lowest BCUT2D eigenvalue weighted by molar-refractivity contribution is -0.149. The van der Waals surface area contributed by atoms with Gasteiger partial charge in [-0.2, -0.15) is 0 Å². The molecule has 5 nitrogen and oxygen atoms in total. The van der Waals surface area contributed by atoms with Crippen molar-refractivity contribution in [3.63, 3.8) is 0 Å². The second kappa shape index (κ2) is 4.84. The highest BCUT2D eigenvalue weighted by atomic mass is 16.5. The van der Waals surface area contributed by atoms with E-state index >= 15 is 0 Å². The molecule has 112 valence electrons. The number of hydrogen-bond acceptors (Lipinski definition) is 4.